The molecule has 16 heavy (non-hydrogen) atoms. The van der Waals surface area contributed by atoms with E-state index < -0.39 is 0 Å². The molecule has 0 aliphatic heterocycles. The van der Waals surface area contributed by atoms with Crippen LogP contribution in [0.4, 0.5) is 0 Å². The summed E-state index contributed by atoms with van der Waals surface area (Å²) in [5.74, 6) is -0.236. The average Bonchev–Trinajstić information content (AvgIpc) is 2.29. The van der Waals surface area contributed by atoms with Crippen molar-refractivity contribution in [3.8, 4) is 0 Å². The Kier molecular flexibility index (Phi) is 4.99. The van der Waals surface area contributed by atoms with Gasteiger partial charge in [-0.15, -0.1) is 0 Å². The summed E-state index contributed by atoms with van der Waals surface area (Å²) < 4.78 is 5.19. The molecule has 0 aliphatic carbocycles. The van der Waals surface area contributed by atoms with Crippen LogP contribution in [-0.4, -0.2) is 19.1 Å². The van der Waals surface area contributed by atoms with Crippen LogP contribution in [0.15, 0.2) is 30.3 Å². The van der Waals surface area contributed by atoms with Gasteiger partial charge in [-0.25, -0.2) is 0 Å². The zero-order valence-electron chi connectivity index (χ0n) is 9.85. The van der Waals surface area contributed by atoms with E-state index in [-0.39, 0.29) is 18.4 Å². The summed E-state index contributed by atoms with van der Waals surface area (Å²) in [6.07, 6.45) is 0. The van der Waals surface area contributed by atoms with Gasteiger partial charge in [0.25, 0.3) is 0 Å². The van der Waals surface area contributed by atoms with Crippen LogP contribution in [-0.2, 0) is 9.53 Å². The second-order valence-corrected chi connectivity index (χ2v) is 4.22. The predicted molar refractivity (Wildman–Crippen MR) is 64.0 cm³/mol. The minimum absolute atomic E-state index is 0.234. The van der Waals surface area contributed by atoms with E-state index in [1.54, 1.807) is 0 Å². The van der Waals surface area contributed by atoms with Crippen LogP contribution in [0.2, 0.25) is 0 Å². The van der Waals surface area contributed by atoms with E-state index in [0.717, 1.165) is 5.56 Å². The van der Waals surface area contributed by atoms with Gasteiger partial charge in [-0.05, 0) is 11.5 Å². The van der Waals surface area contributed by atoms with Gasteiger partial charge >= 0.3 is 5.97 Å². The summed E-state index contributed by atoms with van der Waals surface area (Å²) in [4.78, 5) is 11.8. The highest BCUT2D eigenvalue weighted by atomic mass is 16.5. The van der Waals surface area contributed by atoms with Crippen LogP contribution in [0.25, 0.3) is 0 Å². The molecule has 1 aromatic carbocycles. The van der Waals surface area contributed by atoms with E-state index in [9.17, 15) is 4.79 Å². The molecule has 0 aromatic heterocycles. The lowest BCUT2D eigenvalue weighted by atomic mass is 10.00. The van der Waals surface area contributed by atoms with Gasteiger partial charge in [0.05, 0.1) is 12.5 Å². The first-order valence-electron chi connectivity index (χ1n) is 5.56. The van der Waals surface area contributed by atoms with E-state index in [1.807, 2.05) is 44.2 Å². The normalized spacial score (nSPS) is 12.5. The number of nitrogens with two attached hydrogens (primary N) is 1. The van der Waals surface area contributed by atoms with Crippen LogP contribution >= 0.6 is 0 Å². The SMILES string of the molecule is CC(C)COC(=O)C(CN)c1ccccc1. The molecular weight excluding hydrogens is 202 g/mol. The number of hydrogen-bond donors (Lipinski definition) is 1. The summed E-state index contributed by atoms with van der Waals surface area (Å²) in [6.45, 7) is 4.74. The molecule has 0 spiro atoms. The van der Waals surface area contributed by atoms with Crippen LogP contribution < -0.4 is 5.73 Å². The zero-order valence-corrected chi connectivity index (χ0v) is 9.85. The van der Waals surface area contributed by atoms with Crippen LogP contribution in [0.3, 0.4) is 0 Å². The van der Waals surface area contributed by atoms with Crippen LogP contribution in [0.1, 0.15) is 25.3 Å². The highest BCUT2D eigenvalue weighted by Gasteiger charge is 2.20. The molecule has 88 valence electrons. The van der Waals surface area contributed by atoms with Crippen LogP contribution in [0, 0.1) is 5.92 Å². The second kappa shape index (κ2) is 6.28. The monoisotopic (exact) mass is 221 g/mol. The van der Waals surface area contributed by atoms with Crippen molar-refractivity contribution in [2.75, 3.05) is 13.2 Å². The average molecular weight is 221 g/mol. The standard InChI is InChI=1S/C13H19NO2/c1-10(2)9-16-13(15)12(8-14)11-6-4-3-5-7-11/h3-7,10,12H,8-9,14H2,1-2H3. The molecule has 3 nitrogen and oxygen atoms in total. The van der Waals surface area contributed by atoms with Crippen molar-refractivity contribution < 1.29 is 9.53 Å². The van der Waals surface area contributed by atoms with E-state index >= 15 is 0 Å². The van der Waals surface area contributed by atoms with E-state index in [4.69, 9.17) is 10.5 Å². The summed E-state index contributed by atoms with van der Waals surface area (Å²) in [5, 5.41) is 0. The van der Waals surface area contributed by atoms with Crippen molar-refractivity contribution in [1.82, 2.24) is 0 Å². The van der Waals surface area contributed by atoms with Gasteiger partial charge in [-0.3, -0.25) is 4.79 Å². The Morgan fingerprint density at radius 3 is 2.44 bits per heavy atom. The molecule has 1 rings (SSSR count). The third-order valence-corrected chi connectivity index (χ3v) is 2.28. The molecule has 0 bridgehead atoms. The van der Waals surface area contributed by atoms with Crippen molar-refractivity contribution >= 4 is 5.97 Å². The van der Waals surface area contributed by atoms with Crippen molar-refractivity contribution in [2.24, 2.45) is 11.7 Å². The van der Waals surface area contributed by atoms with E-state index in [1.165, 1.54) is 0 Å². The fourth-order valence-electron chi connectivity index (χ4n) is 1.40. The molecule has 1 unspecified atom stereocenters. The number of ether oxygens (including phenoxy) is 1. The Morgan fingerprint density at radius 1 is 1.31 bits per heavy atom. The van der Waals surface area contributed by atoms with Crippen molar-refractivity contribution in [2.45, 2.75) is 19.8 Å². The third-order valence-electron chi connectivity index (χ3n) is 2.28. The summed E-state index contributed by atoms with van der Waals surface area (Å²) in [7, 11) is 0. The summed E-state index contributed by atoms with van der Waals surface area (Å²) in [5.41, 5.74) is 6.53. The zero-order chi connectivity index (χ0) is 12.0. The minimum Gasteiger partial charge on any atom is -0.465 e. The highest BCUT2D eigenvalue weighted by Crippen LogP contribution is 2.16. The largest absolute Gasteiger partial charge is 0.465 e. The third kappa shape index (κ3) is 3.66. The smallest absolute Gasteiger partial charge is 0.314 e. The molecule has 1 aromatic rings. The Balaban J connectivity index is 2.64. The Labute approximate surface area is 96.6 Å². The van der Waals surface area contributed by atoms with Gasteiger partial charge in [0, 0.05) is 6.54 Å². The molecule has 0 saturated carbocycles. The fraction of sp³-hybridized carbons (Fsp3) is 0.462. The van der Waals surface area contributed by atoms with Gasteiger partial charge in [-0.1, -0.05) is 44.2 Å². The maximum Gasteiger partial charge on any atom is 0.314 e. The first-order chi connectivity index (χ1) is 7.65. The Hall–Kier alpha value is -1.35. The van der Waals surface area contributed by atoms with Crippen molar-refractivity contribution in [3.63, 3.8) is 0 Å². The number of carbonyl (C=O) groups is 1. The van der Waals surface area contributed by atoms with Gasteiger partial charge < -0.3 is 10.5 Å². The second-order valence-electron chi connectivity index (χ2n) is 4.22. The first-order valence-corrected chi connectivity index (χ1v) is 5.56. The van der Waals surface area contributed by atoms with Gasteiger partial charge in [0.2, 0.25) is 0 Å². The van der Waals surface area contributed by atoms with E-state index in [2.05, 4.69) is 0 Å². The lowest BCUT2D eigenvalue weighted by molar-refractivity contribution is -0.146. The predicted octanol–water partition coefficient (Wildman–Crippen LogP) is 1.93. The lowest BCUT2D eigenvalue weighted by Gasteiger charge is -2.15. The molecule has 2 N–H and O–H groups in total. The quantitative estimate of drug-likeness (QED) is 0.773. The van der Waals surface area contributed by atoms with Crippen molar-refractivity contribution in [3.05, 3.63) is 35.9 Å². The minimum atomic E-state index is -0.347. The number of hydrogen-bond acceptors (Lipinski definition) is 3. The molecule has 3 heteroatoms. The molecule has 1 atom stereocenters. The molecule has 0 aliphatic rings. The molecular formula is C13H19NO2. The lowest BCUT2D eigenvalue weighted by Crippen LogP contribution is -2.24. The fourth-order valence-corrected chi connectivity index (χ4v) is 1.40. The molecule has 0 amide bonds. The van der Waals surface area contributed by atoms with Crippen molar-refractivity contribution in [1.29, 1.82) is 0 Å². The van der Waals surface area contributed by atoms with Gasteiger partial charge in [0.15, 0.2) is 0 Å². The highest BCUT2D eigenvalue weighted by molar-refractivity contribution is 5.78. The molecule has 0 fully saturated rings. The molecule has 0 heterocycles. The Morgan fingerprint density at radius 2 is 1.94 bits per heavy atom. The molecule has 0 saturated heterocycles. The number of rotatable bonds is 5. The maximum absolute atomic E-state index is 11.8. The molecule has 0 radical (unpaired) electrons. The van der Waals surface area contributed by atoms with E-state index in [0.29, 0.717) is 12.5 Å². The Bertz CT molecular complexity index is 322. The van der Waals surface area contributed by atoms with Gasteiger partial charge in [0.1, 0.15) is 0 Å². The topological polar surface area (TPSA) is 52.3 Å². The number of benzene rings is 1. The maximum atomic E-state index is 11.8. The van der Waals surface area contributed by atoms with Gasteiger partial charge in [-0.2, -0.15) is 0 Å². The first kappa shape index (κ1) is 12.7. The number of carbonyl (C=O) groups excluding carboxylic acids is 1. The summed E-state index contributed by atoms with van der Waals surface area (Å²) >= 11 is 0. The summed E-state index contributed by atoms with van der Waals surface area (Å²) in [6, 6.07) is 9.50. The number of esters is 1. The van der Waals surface area contributed by atoms with Crippen LogP contribution in [0.5, 0.6) is 0 Å².